The summed E-state index contributed by atoms with van der Waals surface area (Å²) in [6.45, 7) is 11.0. The van der Waals surface area contributed by atoms with Gasteiger partial charge in [-0.15, -0.1) is 0 Å². The molecule has 1 aromatic heterocycles. The highest BCUT2D eigenvalue weighted by Gasteiger charge is 2.17. The average molecular weight is 563 g/mol. The Morgan fingerprint density at radius 1 is 0.976 bits per heavy atom. The van der Waals surface area contributed by atoms with Gasteiger partial charge in [0.15, 0.2) is 11.5 Å². The lowest BCUT2D eigenvalue weighted by atomic mass is 10.1. The van der Waals surface area contributed by atoms with E-state index in [9.17, 15) is 0 Å². The molecule has 3 N–H and O–H groups in total. The number of aromatic nitrogens is 2. The fraction of sp³-hybridized carbons (Fsp3) is 0.484. The first-order valence-corrected chi connectivity index (χ1v) is 14.6. The normalized spacial score (nSPS) is 16.8. The molecule has 0 bridgehead atoms. The first kappa shape index (κ1) is 28.9. The minimum atomic E-state index is 0.131. The Kier molecular flexibility index (Phi) is 10.1. The summed E-state index contributed by atoms with van der Waals surface area (Å²) >= 11 is 0. The van der Waals surface area contributed by atoms with Crippen molar-refractivity contribution < 1.29 is 18.9 Å². The highest BCUT2D eigenvalue weighted by atomic mass is 16.5. The standard InChI is InChI=1S/C31H42N6O4/c1-3-36-14-16-37(17-15-36)13-4-18-40-30-22-24(6-8-29(30)38-2)34-31-33-12-9-27(35-31)23-5-7-28(26(32)21-23)41-25-10-19-39-20-11-25/h5-9,12,21-22,25H,3-4,10-11,13-20,32H2,1-2H3,(H,33,34,35). The van der Waals surface area contributed by atoms with Gasteiger partial charge in [0.2, 0.25) is 5.95 Å². The summed E-state index contributed by atoms with van der Waals surface area (Å²) in [4.78, 5) is 14.1. The summed E-state index contributed by atoms with van der Waals surface area (Å²) < 4.78 is 23.2. The van der Waals surface area contributed by atoms with E-state index in [1.165, 1.54) is 0 Å². The Morgan fingerprint density at radius 3 is 2.51 bits per heavy atom. The highest BCUT2D eigenvalue weighted by molar-refractivity contribution is 5.69. The predicted octanol–water partition coefficient (Wildman–Crippen LogP) is 4.44. The number of methoxy groups -OCH3 is 1. The lowest BCUT2D eigenvalue weighted by Crippen LogP contribution is -2.46. The van der Waals surface area contributed by atoms with E-state index in [4.69, 9.17) is 29.7 Å². The molecular formula is C31H42N6O4. The average Bonchev–Trinajstić information content (AvgIpc) is 3.01. The SMILES string of the molecule is CCN1CCN(CCCOc2cc(Nc3nccc(-c4ccc(OC5CCOCC5)c(N)c4)n3)ccc2OC)CC1. The molecule has 2 fully saturated rings. The molecule has 41 heavy (non-hydrogen) atoms. The second-order valence-electron chi connectivity index (χ2n) is 10.4. The topological polar surface area (TPSA) is 107 Å². The Bertz CT molecular complexity index is 1260. The summed E-state index contributed by atoms with van der Waals surface area (Å²) in [5.41, 5.74) is 9.39. The van der Waals surface area contributed by atoms with Crippen molar-refractivity contribution in [3.05, 3.63) is 48.7 Å². The first-order chi connectivity index (χ1) is 20.1. The van der Waals surface area contributed by atoms with E-state index < -0.39 is 0 Å². The fourth-order valence-electron chi connectivity index (χ4n) is 5.16. The van der Waals surface area contributed by atoms with Gasteiger partial charge in [-0.3, -0.25) is 0 Å². The molecule has 3 aromatic rings. The monoisotopic (exact) mass is 562 g/mol. The van der Waals surface area contributed by atoms with Gasteiger partial charge in [0, 0.05) is 69.1 Å². The number of nitrogens with two attached hydrogens (primary N) is 1. The smallest absolute Gasteiger partial charge is 0.227 e. The zero-order chi connectivity index (χ0) is 28.4. The van der Waals surface area contributed by atoms with E-state index in [-0.39, 0.29) is 6.10 Å². The molecule has 3 heterocycles. The lowest BCUT2D eigenvalue weighted by Gasteiger charge is -2.33. The number of rotatable bonds is 12. The van der Waals surface area contributed by atoms with Crippen LogP contribution in [0, 0.1) is 0 Å². The maximum Gasteiger partial charge on any atom is 0.227 e. The Balaban J connectivity index is 1.18. The molecule has 0 saturated carbocycles. The fourth-order valence-corrected chi connectivity index (χ4v) is 5.16. The largest absolute Gasteiger partial charge is 0.493 e. The molecule has 2 aliphatic rings. The molecule has 10 nitrogen and oxygen atoms in total. The summed E-state index contributed by atoms with van der Waals surface area (Å²) in [5, 5.41) is 3.30. The molecule has 5 rings (SSSR count). The maximum atomic E-state index is 6.34. The number of nitrogens with one attached hydrogen (secondary N) is 1. The minimum Gasteiger partial charge on any atom is -0.493 e. The molecule has 0 unspecified atom stereocenters. The zero-order valence-electron chi connectivity index (χ0n) is 24.2. The summed E-state index contributed by atoms with van der Waals surface area (Å²) in [6, 6.07) is 13.4. The van der Waals surface area contributed by atoms with E-state index in [1.54, 1.807) is 13.3 Å². The third-order valence-electron chi connectivity index (χ3n) is 7.63. The Hall–Kier alpha value is -3.60. The molecular weight excluding hydrogens is 520 g/mol. The van der Waals surface area contributed by atoms with Crippen LogP contribution in [0.2, 0.25) is 0 Å². The summed E-state index contributed by atoms with van der Waals surface area (Å²) in [6.07, 6.45) is 4.56. The van der Waals surface area contributed by atoms with Crippen molar-refractivity contribution >= 4 is 17.3 Å². The van der Waals surface area contributed by atoms with Crippen LogP contribution in [-0.4, -0.2) is 92.1 Å². The third-order valence-corrected chi connectivity index (χ3v) is 7.63. The van der Waals surface area contributed by atoms with E-state index in [0.717, 1.165) is 88.7 Å². The van der Waals surface area contributed by atoms with Gasteiger partial charge >= 0.3 is 0 Å². The molecule has 2 aromatic carbocycles. The quantitative estimate of drug-likeness (QED) is 0.243. The van der Waals surface area contributed by atoms with Gasteiger partial charge in [0.25, 0.3) is 0 Å². The van der Waals surface area contributed by atoms with Crippen LogP contribution in [0.1, 0.15) is 26.2 Å². The van der Waals surface area contributed by atoms with Crippen molar-refractivity contribution in [2.45, 2.75) is 32.3 Å². The van der Waals surface area contributed by atoms with Crippen LogP contribution in [0.4, 0.5) is 17.3 Å². The highest BCUT2D eigenvalue weighted by Crippen LogP contribution is 2.33. The van der Waals surface area contributed by atoms with Crippen molar-refractivity contribution in [2.24, 2.45) is 0 Å². The summed E-state index contributed by atoms with van der Waals surface area (Å²) in [7, 11) is 1.65. The number of hydrogen-bond donors (Lipinski definition) is 2. The number of likely N-dealkylation sites (N-methyl/N-ethyl adjacent to an activating group) is 1. The van der Waals surface area contributed by atoms with Crippen molar-refractivity contribution in [1.82, 2.24) is 19.8 Å². The van der Waals surface area contributed by atoms with E-state index >= 15 is 0 Å². The molecule has 2 saturated heterocycles. The number of benzene rings is 2. The van der Waals surface area contributed by atoms with Gasteiger partial charge < -0.3 is 39.8 Å². The number of anilines is 3. The predicted molar refractivity (Wildman–Crippen MR) is 161 cm³/mol. The molecule has 0 atom stereocenters. The van der Waals surface area contributed by atoms with Gasteiger partial charge in [-0.2, -0.15) is 0 Å². The van der Waals surface area contributed by atoms with Crippen LogP contribution in [0.5, 0.6) is 17.2 Å². The van der Waals surface area contributed by atoms with E-state index in [2.05, 4.69) is 27.0 Å². The van der Waals surface area contributed by atoms with Gasteiger partial charge in [-0.1, -0.05) is 6.92 Å². The number of piperazine rings is 1. The lowest BCUT2D eigenvalue weighted by molar-refractivity contribution is 0.0259. The second-order valence-corrected chi connectivity index (χ2v) is 10.4. The number of nitrogens with zero attached hydrogens (tertiary/aromatic N) is 4. The van der Waals surface area contributed by atoms with Crippen LogP contribution in [0.25, 0.3) is 11.3 Å². The zero-order valence-corrected chi connectivity index (χ0v) is 24.2. The minimum absolute atomic E-state index is 0.131. The van der Waals surface area contributed by atoms with Crippen molar-refractivity contribution in [1.29, 1.82) is 0 Å². The molecule has 0 amide bonds. The third kappa shape index (κ3) is 8.00. The van der Waals surface area contributed by atoms with E-state index in [1.807, 2.05) is 42.5 Å². The number of nitrogen functional groups attached to an aromatic ring is 1. The van der Waals surface area contributed by atoms with Crippen LogP contribution >= 0.6 is 0 Å². The van der Waals surface area contributed by atoms with Gasteiger partial charge in [-0.25, -0.2) is 9.97 Å². The van der Waals surface area contributed by atoms with Crippen LogP contribution in [-0.2, 0) is 4.74 Å². The van der Waals surface area contributed by atoms with Crippen LogP contribution < -0.4 is 25.3 Å². The molecule has 0 radical (unpaired) electrons. The molecule has 220 valence electrons. The van der Waals surface area contributed by atoms with E-state index in [0.29, 0.717) is 35.5 Å². The Labute approximate surface area is 242 Å². The number of hydrogen-bond acceptors (Lipinski definition) is 10. The number of ether oxygens (including phenoxy) is 4. The molecule has 10 heteroatoms. The van der Waals surface area contributed by atoms with Crippen LogP contribution in [0.15, 0.2) is 48.7 Å². The van der Waals surface area contributed by atoms with Crippen molar-refractivity contribution in [3.63, 3.8) is 0 Å². The van der Waals surface area contributed by atoms with Gasteiger partial charge in [0.1, 0.15) is 11.9 Å². The van der Waals surface area contributed by atoms with Gasteiger partial charge in [0.05, 0.1) is 38.3 Å². The Morgan fingerprint density at radius 2 is 1.76 bits per heavy atom. The first-order valence-electron chi connectivity index (χ1n) is 14.6. The van der Waals surface area contributed by atoms with Gasteiger partial charge in [-0.05, 0) is 49.4 Å². The summed E-state index contributed by atoms with van der Waals surface area (Å²) in [5.74, 6) is 2.56. The maximum absolute atomic E-state index is 6.34. The van der Waals surface area contributed by atoms with Crippen molar-refractivity contribution in [3.8, 4) is 28.5 Å². The second kappa shape index (κ2) is 14.3. The molecule has 0 aliphatic carbocycles. The van der Waals surface area contributed by atoms with Crippen LogP contribution in [0.3, 0.4) is 0 Å². The van der Waals surface area contributed by atoms with Crippen molar-refractivity contribution in [2.75, 3.05) is 77.2 Å². The molecule has 2 aliphatic heterocycles. The molecule has 0 spiro atoms.